The van der Waals surface area contributed by atoms with Gasteiger partial charge in [-0.15, -0.1) is 0 Å². The van der Waals surface area contributed by atoms with Gasteiger partial charge < -0.3 is 28.4 Å². The van der Waals surface area contributed by atoms with Crippen molar-refractivity contribution < 1.29 is 28.2 Å². The normalized spacial score (nSPS) is 11.9. The van der Waals surface area contributed by atoms with Crippen LogP contribution in [0.4, 0.5) is 0 Å². The molecule has 34 heavy (non-hydrogen) atoms. The van der Waals surface area contributed by atoms with E-state index in [1.807, 2.05) is 43.3 Å². The van der Waals surface area contributed by atoms with Gasteiger partial charge in [0.1, 0.15) is 18.1 Å². The van der Waals surface area contributed by atoms with E-state index in [-0.39, 0.29) is 31.7 Å². The molecule has 0 spiro atoms. The summed E-state index contributed by atoms with van der Waals surface area (Å²) in [7, 11) is 1.57. The van der Waals surface area contributed by atoms with Gasteiger partial charge >= 0.3 is 0 Å². The Hall–Kier alpha value is -3.78. The van der Waals surface area contributed by atoms with E-state index in [0.717, 1.165) is 11.3 Å². The average Bonchev–Trinajstić information content (AvgIpc) is 3.49. The van der Waals surface area contributed by atoms with Crippen molar-refractivity contribution in [2.45, 2.75) is 20.0 Å². The Labute approximate surface area is 198 Å². The molecular weight excluding hydrogens is 436 g/mol. The zero-order chi connectivity index (χ0) is 23.9. The largest absolute Gasteiger partial charge is 0.464 e. The number of aryl methyl sites for hydroxylation is 1. The number of furan rings is 1. The van der Waals surface area contributed by atoms with Crippen LogP contribution < -0.4 is 9.47 Å². The van der Waals surface area contributed by atoms with Crippen LogP contribution >= 0.6 is 0 Å². The number of ether oxygens (including phenoxy) is 3. The summed E-state index contributed by atoms with van der Waals surface area (Å²) in [6, 6.07) is 18.2. The first-order chi connectivity index (χ1) is 16.5. The van der Waals surface area contributed by atoms with Crippen LogP contribution in [0.1, 0.15) is 27.4 Å². The molecule has 0 unspecified atom stereocenters. The molecule has 3 aromatic rings. The standard InChI is InChI=1S/C26H28N2O6/c1-19-8-10-22(34-19)16-28(15-20-9-11-23-24(14-20)33-18-32-23)25(29)17-27(12-13-31-2)26(30)21-6-4-3-5-7-21/h3-11,14H,12-13,15-18H2,1-2H3. The molecule has 0 saturated heterocycles. The zero-order valence-electron chi connectivity index (χ0n) is 19.4. The number of nitrogens with zero attached hydrogens (tertiary/aromatic N) is 2. The Morgan fingerprint density at radius 2 is 1.74 bits per heavy atom. The molecule has 0 atom stereocenters. The Bertz CT molecular complexity index is 1130. The van der Waals surface area contributed by atoms with Crippen molar-refractivity contribution in [1.82, 2.24) is 9.80 Å². The van der Waals surface area contributed by atoms with Gasteiger partial charge in [-0.25, -0.2) is 0 Å². The summed E-state index contributed by atoms with van der Waals surface area (Å²) < 4.78 is 21.8. The first-order valence-electron chi connectivity index (χ1n) is 11.1. The van der Waals surface area contributed by atoms with E-state index in [0.29, 0.717) is 42.5 Å². The SMILES string of the molecule is COCCN(CC(=O)N(Cc1ccc2c(c1)OCO2)Cc1ccc(C)o1)C(=O)c1ccccc1. The third-order valence-corrected chi connectivity index (χ3v) is 5.51. The number of rotatable bonds is 10. The van der Waals surface area contributed by atoms with Gasteiger partial charge in [-0.1, -0.05) is 24.3 Å². The first-order valence-corrected chi connectivity index (χ1v) is 11.1. The molecule has 2 amide bonds. The lowest BCUT2D eigenvalue weighted by molar-refractivity contribution is -0.133. The molecule has 1 aliphatic heterocycles. The predicted octanol–water partition coefficient (Wildman–Crippen LogP) is 3.63. The fourth-order valence-corrected chi connectivity index (χ4v) is 3.73. The highest BCUT2D eigenvalue weighted by atomic mass is 16.7. The van der Waals surface area contributed by atoms with Crippen LogP contribution in [0.5, 0.6) is 11.5 Å². The Kier molecular flexibility index (Phi) is 7.49. The number of hydrogen-bond acceptors (Lipinski definition) is 6. The molecule has 1 aromatic heterocycles. The van der Waals surface area contributed by atoms with Gasteiger partial charge in [0.25, 0.3) is 5.91 Å². The molecule has 8 nitrogen and oxygen atoms in total. The maximum absolute atomic E-state index is 13.5. The van der Waals surface area contributed by atoms with E-state index < -0.39 is 0 Å². The Balaban J connectivity index is 1.54. The van der Waals surface area contributed by atoms with Crippen LogP contribution in [0, 0.1) is 6.92 Å². The van der Waals surface area contributed by atoms with E-state index in [2.05, 4.69) is 0 Å². The second kappa shape index (κ2) is 10.9. The number of hydrogen-bond donors (Lipinski definition) is 0. The second-order valence-corrected chi connectivity index (χ2v) is 8.04. The summed E-state index contributed by atoms with van der Waals surface area (Å²) in [5, 5.41) is 0. The number of carbonyl (C=O) groups is 2. The van der Waals surface area contributed by atoms with Crippen LogP contribution in [0.3, 0.4) is 0 Å². The lowest BCUT2D eigenvalue weighted by Gasteiger charge is -2.27. The smallest absolute Gasteiger partial charge is 0.254 e. The molecule has 178 valence electrons. The van der Waals surface area contributed by atoms with Crippen molar-refractivity contribution in [3.05, 3.63) is 83.3 Å². The van der Waals surface area contributed by atoms with Crippen LogP contribution in [0.2, 0.25) is 0 Å². The van der Waals surface area contributed by atoms with Gasteiger partial charge in [-0.3, -0.25) is 9.59 Å². The summed E-state index contributed by atoms with van der Waals surface area (Å²) >= 11 is 0. The van der Waals surface area contributed by atoms with Crippen molar-refractivity contribution in [3.63, 3.8) is 0 Å². The summed E-state index contributed by atoms with van der Waals surface area (Å²) in [5.41, 5.74) is 1.41. The molecule has 0 N–H and O–H groups in total. The molecular formula is C26H28N2O6. The van der Waals surface area contributed by atoms with E-state index in [1.54, 1.807) is 36.3 Å². The minimum absolute atomic E-state index is 0.0820. The Morgan fingerprint density at radius 1 is 0.941 bits per heavy atom. The van der Waals surface area contributed by atoms with Gasteiger partial charge in [0.15, 0.2) is 11.5 Å². The highest BCUT2D eigenvalue weighted by Crippen LogP contribution is 2.33. The quantitative estimate of drug-likeness (QED) is 0.456. The number of carbonyl (C=O) groups excluding carboxylic acids is 2. The molecule has 2 aromatic carbocycles. The van der Waals surface area contributed by atoms with Crippen molar-refractivity contribution in [3.8, 4) is 11.5 Å². The van der Waals surface area contributed by atoms with Gasteiger partial charge in [0, 0.05) is 25.8 Å². The fraction of sp³-hybridized carbons (Fsp3) is 0.308. The van der Waals surface area contributed by atoms with Crippen LogP contribution in [0.25, 0.3) is 0 Å². The summed E-state index contributed by atoms with van der Waals surface area (Å²) in [5.74, 6) is 2.35. The summed E-state index contributed by atoms with van der Waals surface area (Å²) in [6.45, 7) is 3.19. The number of amides is 2. The molecule has 0 fully saturated rings. The van der Waals surface area contributed by atoms with E-state index in [9.17, 15) is 9.59 Å². The van der Waals surface area contributed by atoms with Gasteiger partial charge in [-0.2, -0.15) is 0 Å². The molecule has 1 aliphatic rings. The Morgan fingerprint density at radius 3 is 2.47 bits per heavy atom. The van der Waals surface area contributed by atoms with E-state index in [1.165, 1.54) is 4.90 Å². The molecule has 0 radical (unpaired) electrons. The summed E-state index contributed by atoms with van der Waals surface area (Å²) in [6.07, 6.45) is 0. The van der Waals surface area contributed by atoms with Crippen molar-refractivity contribution in [1.29, 1.82) is 0 Å². The number of benzene rings is 2. The average molecular weight is 465 g/mol. The maximum Gasteiger partial charge on any atom is 0.254 e. The van der Waals surface area contributed by atoms with Gasteiger partial charge in [0.2, 0.25) is 12.7 Å². The minimum atomic E-state index is -0.220. The van der Waals surface area contributed by atoms with Crippen molar-refractivity contribution >= 4 is 11.8 Å². The predicted molar refractivity (Wildman–Crippen MR) is 124 cm³/mol. The number of methoxy groups -OCH3 is 1. The highest BCUT2D eigenvalue weighted by molar-refractivity contribution is 5.96. The fourth-order valence-electron chi connectivity index (χ4n) is 3.73. The number of fused-ring (bicyclic) bond motifs is 1. The van der Waals surface area contributed by atoms with Crippen LogP contribution in [-0.4, -0.2) is 55.2 Å². The lowest BCUT2D eigenvalue weighted by Crippen LogP contribution is -2.43. The minimum Gasteiger partial charge on any atom is -0.464 e. The first kappa shape index (κ1) is 23.4. The molecule has 4 rings (SSSR count). The van der Waals surface area contributed by atoms with Crippen molar-refractivity contribution in [2.75, 3.05) is 33.6 Å². The third kappa shape index (κ3) is 5.77. The van der Waals surface area contributed by atoms with Gasteiger partial charge in [-0.05, 0) is 48.9 Å². The highest BCUT2D eigenvalue weighted by Gasteiger charge is 2.24. The lowest BCUT2D eigenvalue weighted by atomic mass is 10.1. The van der Waals surface area contributed by atoms with E-state index >= 15 is 0 Å². The molecule has 0 bridgehead atoms. The second-order valence-electron chi connectivity index (χ2n) is 8.04. The maximum atomic E-state index is 13.5. The van der Waals surface area contributed by atoms with Gasteiger partial charge in [0.05, 0.1) is 13.2 Å². The van der Waals surface area contributed by atoms with Crippen LogP contribution in [-0.2, 0) is 22.6 Å². The van der Waals surface area contributed by atoms with Crippen molar-refractivity contribution in [2.24, 2.45) is 0 Å². The van der Waals surface area contributed by atoms with Crippen LogP contribution in [0.15, 0.2) is 65.1 Å². The third-order valence-electron chi connectivity index (χ3n) is 5.51. The zero-order valence-corrected chi connectivity index (χ0v) is 19.4. The molecule has 0 saturated carbocycles. The monoisotopic (exact) mass is 464 g/mol. The summed E-state index contributed by atoms with van der Waals surface area (Å²) in [4.78, 5) is 29.8. The molecule has 0 aliphatic carbocycles. The molecule has 2 heterocycles. The van der Waals surface area contributed by atoms with E-state index in [4.69, 9.17) is 18.6 Å². The molecule has 8 heteroatoms. The topological polar surface area (TPSA) is 81.5 Å².